The van der Waals surface area contributed by atoms with E-state index in [1.165, 1.54) is 12.1 Å². The van der Waals surface area contributed by atoms with E-state index in [2.05, 4.69) is 5.32 Å². The number of carbonyl (C=O) groups excluding carboxylic acids is 1. The van der Waals surface area contributed by atoms with Crippen molar-refractivity contribution in [1.29, 1.82) is 5.41 Å². The lowest BCUT2D eigenvalue weighted by molar-refractivity contribution is -0.192. The van der Waals surface area contributed by atoms with E-state index in [0.29, 0.717) is 41.1 Å². The summed E-state index contributed by atoms with van der Waals surface area (Å²) < 4.78 is 52.8. The second-order valence-electron chi connectivity index (χ2n) is 9.21. The summed E-state index contributed by atoms with van der Waals surface area (Å²) in [5.41, 5.74) is 2.80. The van der Waals surface area contributed by atoms with Crippen molar-refractivity contribution in [1.82, 2.24) is 9.88 Å². The maximum absolute atomic E-state index is 13.6. The fraction of sp³-hybridized carbons (Fsp3) is 0.161. The number of ether oxygens (including phenoxy) is 1. The van der Waals surface area contributed by atoms with Crippen molar-refractivity contribution in [3.05, 3.63) is 120 Å². The first kappa shape index (κ1) is 33.0. The molecular weight excluding hydrogens is 586 g/mol. The van der Waals surface area contributed by atoms with Gasteiger partial charge in [-0.3, -0.25) is 15.0 Å². The number of aliphatic carboxylic acids is 2. The molecule has 0 aliphatic carbocycles. The predicted molar refractivity (Wildman–Crippen MR) is 150 cm³/mol. The molecule has 4 N–H and O–H groups in total. The van der Waals surface area contributed by atoms with E-state index in [1.807, 2.05) is 6.07 Å². The van der Waals surface area contributed by atoms with Crippen LogP contribution in [0.2, 0.25) is 0 Å². The minimum absolute atomic E-state index is 0.301. The Morgan fingerprint density at radius 2 is 1.57 bits per heavy atom. The van der Waals surface area contributed by atoms with Crippen LogP contribution in [0.5, 0.6) is 5.75 Å². The van der Waals surface area contributed by atoms with Crippen LogP contribution in [-0.2, 0) is 16.1 Å². The average Bonchev–Trinajstić information content (AvgIpc) is 2.98. The largest absolute Gasteiger partial charge is 0.492 e. The number of alkyl halides is 3. The third kappa shape index (κ3) is 10.1. The lowest BCUT2D eigenvalue weighted by Gasteiger charge is -2.18. The summed E-state index contributed by atoms with van der Waals surface area (Å²) in [6, 6.07) is 24.4. The van der Waals surface area contributed by atoms with Gasteiger partial charge >= 0.3 is 18.1 Å². The quantitative estimate of drug-likeness (QED) is 0.176. The van der Waals surface area contributed by atoms with Crippen LogP contribution in [0.25, 0.3) is 11.1 Å². The summed E-state index contributed by atoms with van der Waals surface area (Å²) in [6.07, 6.45) is -3.59. The van der Waals surface area contributed by atoms with Gasteiger partial charge in [0.15, 0.2) is 0 Å². The van der Waals surface area contributed by atoms with Crippen molar-refractivity contribution in [3.63, 3.8) is 0 Å². The molecule has 1 atom stereocenters. The number of nitrogens with one attached hydrogen (secondary N) is 2. The van der Waals surface area contributed by atoms with Crippen LogP contribution in [-0.4, -0.2) is 45.4 Å². The first-order chi connectivity index (χ1) is 20.8. The number of aromatic nitrogens is 1. The maximum atomic E-state index is 13.6. The Morgan fingerprint density at radius 3 is 2.18 bits per heavy atom. The maximum Gasteiger partial charge on any atom is 0.490 e. The molecule has 0 saturated carbocycles. The Hall–Kier alpha value is -5.46. The van der Waals surface area contributed by atoms with Gasteiger partial charge in [-0.15, -0.1) is 0 Å². The van der Waals surface area contributed by atoms with E-state index in [0.717, 1.165) is 5.56 Å². The summed E-state index contributed by atoms with van der Waals surface area (Å²) in [5, 5.41) is 27.2. The van der Waals surface area contributed by atoms with Gasteiger partial charge in [0.25, 0.3) is 5.91 Å². The number of pyridine rings is 1. The van der Waals surface area contributed by atoms with E-state index in [9.17, 15) is 32.3 Å². The molecule has 1 aromatic heterocycles. The summed E-state index contributed by atoms with van der Waals surface area (Å²) in [7, 11) is 0. The number of carbonyl (C=O) groups is 3. The third-order valence-corrected chi connectivity index (χ3v) is 6.04. The number of carboxylic acids is 2. The van der Waals surface area contributed by atoms with Crippen LogP contribution < -0.4 is 15.5 Å². The zero-order valence-electron chi connectivity index (χ0n) is 22.9. The Kier molecular flexibility index (Phi) is 11.4. The fourth-order valence-electron chi connectivity index (χ4n) is 3.90. The summed E-state index contributed by atoms with van der Waals surface area (Å²) in [4.78, 5) is 33.4. The molecule has 0 saturated heterocycles. The second kappa shape index (κ2) is 15.1. The highest BCUT2D eigenvalue weighted by Crippen LogP contribution is 2.25. The number of rotatable bonds is 10. The van der Waals surface area contributed by atoms with Crippen molar-refractivity contribution in [3.8, 4) is 16.9 Å². The van der Waals surface area contributed by atoms with Gasteiger partial charge in [-0.05, 0) is 59.2 Å². The number of hydrogen-bond donors (Lipinski definition) is 4. The summed E-state index contributed by atoms with van der Waals surface area (Å²) >= 11 is 0. The molecule has 230 valence electrons. The van der Waals surface area contributed by atoms with Crippen LogP contribution in [0, 0.1) is 11.2 Å². The Bertz CT molecular complexity index is 1660. The van der Waals surface area contributed by atoms with E-state index < -0.39 is 30.1 Å². The number of benzene rings is 3. The average molecular weight is 614 g/mol. The van der Waals surface area contributed by atoms with Gasteiger partial charge in [-0.25, -0.2) is 9.18 Å². The molecule has 9 nitrogen and oxygen atoms in total. The minimum atomic E-state index is -5.08. The standard InChI is InChI=1S/C29H26FN3O4.C2HF3O2/c30-24-7-3-5-22(17-24)20-10-12-21(13-11-20)26(19-28(34)35)32-29(36)23-6-4-8-25(18-23)37-16-15-33-14-2-1-9-27(33)31;3-2(4,5)1(6)7/h1-14,17-18,26,31H,15-16,19H2,(H,32,36)(H,34,35);(H,6,7). The third-order valence-electron chi connectivity index (χ3n) is 6.04. The fourth-order valence-corrected chi connectivity index (χ4v) is 3.90. The molecule has 0 spiro atoms. The molecule has 0 radical (unpaired) electrons. The number of nitrogens with zero attached hydrogens (tertiary/aromatic N) is 1. The molecule has 0 bridgehead atoms. The topological polar surface area (TPSA) is 142 Å². The van der Waals surface area contributed by atoms with Crippen molar-refractivity contribution < 1.29 is 46.9 Å². The van der Waals surface area contributed by atoms with Crippen molar-refractivity contribution >= 4 is 17.8 Å². The molecular formula is C31H27F4N3O6. The number of carboxylic acid groups (broad SMARTS) is 2. The monoisotopic (exact) mass is 613 g/mol. The smallest absolute Gasteiger partial charge is 0.490 e. The van der Waals surface area contributed by atoms with Gasteiger partial charge in [0.2, 0.25) is 0 Å². The van der Waals surface area contributed by atoms with Crippen LogP contribution in [0.15, 0.2) is 97.2 Å². The van der Waals surface area contributed by atoms with Gasteiger partial charge in [-0.2, -0.15) is 13.2 Å². The number of amides is 1. The molecule has 4 aromatic rings. The van der Waals surface area contributed by atoms with Gasteiger partial charge in [0.05, 0.1) is 19.0 Å². The first-order valence-corrected chi connectivity index (χ1v) is 12.9. The molecule has 0 aliphatic heterocycles. The normalized spacial score (nSPS) is 11.5. The molecule has 44 heavy (non-hydrogen) atoms. The van der Waals surface area contributed by atoms with Gasteiger partial charge < -0.3 is 24.8 Å². The Labute approximate surface area is 248 Å². The highest BCUT2D eigenvalue weighted by Gasteiger charge is 2.38. The molecule has 0 fully saturated rings. The predicted octanol–water partition coefficient (Wildman–Crippen LogP) is 5.43. The van der Waals surface area contributed by atoms with Gasteiger partial charge in [-0.1, -0.05) is 48.5 Å². The van der Waals surface area contributed by atoms with Crippen molar-refractivity contribution in [2.75, 3.05) is 6.61 Å². The Morgan fingerprint density at radius 1 is 0.886 bits per heavy atom. The molecule has 3 aromatic carbocycles. The highest BCUT2D eigenvalue weighted by molar-refractivity contribution is 5.95. The zero-order valence-corrected chi connectivity index (χ0v) is 22.9. The first-order valence-electron chi connectivity index (χ1n) is 12.9. The Balaban J connectivity index is 0.000000676. The lowest BCUT2D eigenvalue weighted by Crippen LogP contribution is -2.30. The van der Waals surface area contributed by atoms with Crippen LogP contribution in [0.3, 0.4) is 0 Å². The van der Waals surface area contributed by atoms with E-state index in [-0.39, 0.29) is 12.2 Å². The molecule has 4 rings (SSSR count). The molecule has 1 amide bonds. The highest BCUT2D eigenvalue weighted by atomic mass is 19.4. The lowest BCUT2D eigenvalue weighted by atomic mass is 9.98. The van der Waals surface area contributed by atoms with E-state index in [1.54, 1.807) is 83.6 Å². The number of hydrogen-bond acceptors (Lipinski definition) is 5. The molecule has 0 aliphatic rings. The van der Waals surface area contributed by atoms with E-state index >= 15 is 0 Å². The van der Waals surface area contributed by atoms with Gasteiger partial charge in [0, 0.05) is 11.8 Å². The molecule has 13 heteroatoms. The summed E-state index contributed by atoms with van der Waals surface area (Å²) in [5.74, 6) is -4.10. The van der Waals surface area contributed by atoms with E-state index in [4.69, 9.17) is 20.0 Å². The summed E-state index contributed by atoms with van der Waals surface area (Å²) in [6.45, 7) is 0.785. The van der Waals surface area contributed by atoms with Crippen LogP contribution in [0.4, 0.5) is 17.6 Å². The van der Waals surface area contributed by atoms with Gasteiger partial charge in [0.1, 0.15) is 23.7 Å². The van der Waals surface area contributed by atoms with Crippen LogP contribution >= 0.6 is 0 Å². The SMILES string of the molecule is N=c1ccccn1CCOc1cccc(C(=O)NC(CC(=O)O)c2ccc(-c3cccc(F)c3)cc2)c1.O=C(O)C(F)(F)F. The van der Waals surface area contributed by atoms with Crippen molar-refractivity contribution in [2.45, 2.75) is 25.2 Å². The zero-order chi connectivity index (χ0) is 32.3. The van der Waals surface area contributed by atoms with Crippen LogP contribution in [0.1, 0.15) is 28.4 Å². The second-order valence-corrected chi connectivity index (χ2v) is 9.21. The molecule has 1 unspecified atom stereocenters. The molecule has 1 heterocycles. The number of halogens is 4. The van der Waals surface area contributed by atoms with Crippen molar-refractivity contribution in [2.24, 2.45) is 0 Å². The minimum Gasteiger partial charge on any atom is -0.492 e.